The first kappa shape index (κ1) is 16.2. The second kappa shape index (κ2) is 8.37. The zero-order chi connectivity index (χ0) is 15.7. The number of esters is 1. The van der Waals surface area contributed by atoms with E-state index < -0.39 is 5.97 Å². The zero-order valence-electron chi connectivity index (χ0n) is 11.5. The Balaban J connectivity index is 0.000000219. The number of hydrogen-bond acceptors (Lipinski definition) is 4. The van der Waals surface area contributed by atoms with Crippen LogP contribution in [0.4, 0.5) is 0 Å². The highest BCUT2D eigenvalue weighted by Crippen LogP contribution is 2.10. The van der Waals surface area contributed by atoms with Crippen molar-refractivity contribution >= 4 is 11.9 Å². The van der Waals surface area contributed by atoms with Gasteiger partial charge in [-0.3, -0.25) is 0 Å². The summed E-state index contributed by atoms with van der Waals surface area (Å²) >= 11 is 0. The number of aromatic hydroxyl groups is 1. The van der Waals surface area contributed by atoms with Crippen molar-refractivity contribution in [2.45, 2.75) is 6.92 Å². The van der Waals surface area contributed by atoms with Crippen molar-refractivity contribution in [3.8, 4) is 5.75 Å². The Hall–Kier alpha value is -2.82. The summed E-state index contributed by atoms with van der Waals surface area (Å²) in [5.74, 6) is -1.10. The van der Waals surface area contributed by atoms with Crippen molar-refractivity contribution in [3.05, 3.63) is 65.7 Å². The number of ether oxygens (including phenoxy) is 1. The normalized spacial score (nSPS) is 9.19. The van der Waals surface area contributed by atoms with Gasteiger partial charge in [-0.05, 0) is 43.3 Å². The molecule has 0 aromatic heterocycles. The molecule has 0 atom stereocenters. The van der Waals surface area contributed by atoms with E-state index in [1.165, 1.54) is 24.3 Å². The van der Waals surface area contributed by atoms with E-state index >= 15 is 0 Å². The van der Waals surface area contributed by atoms with E-state index in [0.717, 1.165) is 0 Å². The number of carboxylic acids is 1. The summed E-state index contributed by atoms with van der Waals surface area (Å²) in [6.07, 6.45) is 0. The van der Waals surface area contributed by atoms with Gasteiger partial charge in [0.2, 0.25) is 0 Å². The summed E-state index contributed by atoms with van der Waals surface area (Å²) in [7, 11) is 0. The quantitative estimate of drug-likeness (QED) is 0.848. The summed E-state index contributed by atoms with van der Waals surface area (Å²) in [4.78, 5) is 21.3. The van der Waals surface area contributed by atoms with E-state index in [1.54, 1.807) is 37.3 Å². The first-order valence-corrected chi connectivity index (χ1v) is 6.29. The largest absolute Gasteiger partial charge is 0.508 e. The lowest BCUT2D eigenvalue weighted by atomic mass is 10.2. The summed E-state index contributed by atoms with van der Waals surface area (Å²) in [6, 6.07) is 14.2. The summed E-state index contributed by atoms with van der Waals surface area (Å²) < 4.78 is 4.75. The van der Waals surface area contributed by atoms with Crippen LogP contribution < -0.4 is 0 Å². The maximum Gasteiger partial charge on any atom is 0.338 e. The maximum absolute atomic E-state index is 11.1. The van der Waals surface area contributed by atoms with Crippen molar-refractivity contribution in [3.63, 3.8) is 0 Å². The molecule has 2 aromatic rings. The van der Waals surface area contributed by atoms with Gasteiger partial charge in [-0.25, -0.2) is 9.59 Å². The fourth-order valence-corrected chi connectivity index (χ4v) is 1.39. The lowest BCUT2D eigenvalue weighted by Gasteiger charge is -2.00. The molecule has 0 radical (unpaired) electrons. The highest BCUT2D eigenvalue weighted by molar-refractivity contribution is 5.89. The third-order valence-corrected chi connectivity index (χ3v) is 2.40. The molecule has 2 N–H and O–H groups in total. The molecule has 110 valence electrons. The van der Waals surface area contributed by atoms with Crippen LogP contribution in [0.5, 0.6) is 5.75 Å². The van der Waals surface area contributed by atoms with Gasteiger partial charge in [-0.15, -0.1) is 0 Å². The molecule has 0 aliphatic rings. The molecule has 0 saturated heterocycles. The van der Waals surface area contributed by atoms with Crippen molar-refractivity contribution < 1.29 is 24.5 Å². The molecule has 21 heavy (non-hydrogen) atoms. The summed E-state index contributed by atoms with van der Waals surface area (Å²) in [6.45, 7) is 2.11. The van der Waals surface area contributed by atoms with Crippen LogP contribution in [0.3, 0.4) is 0 Å². The van der Waals surface area contributed by atoms with Gasteiger partial charge in [-0.2, -0.15) is 0 Å². The Morgan fingerprint density at radius 1 is 0.952 bits per heavy atom. The van der Waals surface area contributed by atoms with E-state index in [0.29, 0.717) is 17.7 Å². The van der Waals surface area contributed by atoms with Gasteiger partial charge in [0.05, 0.1) is 17.7 Å². The summed E-state index contributed by atoms with van der Waals surface area (Å²) in [5.41, 5.74) is 0.784. The maximum atomic E-state index is 11.1. The summed E-state index contributed by atoms with van der Waals surface area (Å²) in [5, 5.41) is 17.3. The van der Waals surface area contributed by atoms with Gasteiger partial charge >= 0.3 is 11.9 Å². The van der Waals surface area contributed by atoms with Crippen LogP contribution in [0.1, 0.15) is 27.6 Å². The number of aromatic carboxylic acids is 1. The molecule has 2 rings (SSSR count). The molecule has 5 heteroatoms. The Bertz CT molecular complexity index is 575. The lowest BCUT2D eigenvalue weighted by molar-refractivity contribution is 0.0526. The standard InChI is InChI=1S/C9H10O3.C7H6O2/c1-2-12-9(11)7-3-5-8(10)6-4-7;8-7(9)6-4-2-1-3-5-6/h3-6,10H,2H2,1H3;1-5H,(H,8,9). The molecule has 0 aliphatic heterocycles. The van der Waals surface area contributed by atoms with Crippen molar-refractivity contribution in [2.24, 2.45) is 0 Å². The van der Waals surface area contributed by atoms with E-state index in [9.17, 15) is 9.59 Å². The van der Waals surface area contributed by atoms with Crippen LogP contribution >= 0.6 is 0 Å². The second-order valence-electron chi connectivity index (χ2n) is 3.94. The van der Waals surface area contributed by atoms with Crippen LogP contribution in [-0.2, 0) is 4.74 Å². The molecule has 0 saturated carbocycles. The zero-order valence-corrected chi connectivity index (χ0v) is 11.5. The molecule has 0 amide bonds. The number of benzene rings is 2. The number of phenols is 1. The predicted octanol–water partition coefficient (Wildman–Crippen LogP) is 2.95. The molecule has 0 unspecified atom stereocenters. The molecule has 0 bridgehead atoms. The third-order valence-electron chi connectivity index (χ3n) is 2.40. The Kier molecular flexibility index (Phi) is 6.47. The molecular formula is C16H16O5. The van der Waals surface area contributed by atoms with Crippen molar-refractivity contribution in [2.75, 3.05) is 6.61 Å². The number of carbonyl (C=O) groups excluding carboxylic acids is 1. The topological polar surface area (TPSA) is 83.8 Å². The van der Waals surface area contributed by atoms with Crippen molar-refractivity contribution in [1.29, 1.82) is 0 Å². The van der Waals surface area contributed by atoms with Crippen LogP contribution in [0.15, 0.2) is 54.6 Å². The first-order chi connectivity index (χ1) is 10.0. The number of carbonyl (C=O) groups is 2. The number of hydrogen-bond donors (Lipinski definition) is 2. The molecule has 2 aromatic carbocycles. The van der Waals surface area contributed by atoms with E-state index in [4.69, 9.17) is 14.9 Å². The SMILES string of the molecule is CCOC(=O)c1ccc(O)cc1.O=C(O)c1ccccc1. The van der Waals surface area contributed by atoms with E-state index in [1.807, 2.05) is 0 Å². The average molecular weight is 288 g/mol. The van der Waals surface area contributed by atoms with Gasteiger partial charge in [-0.1, -0.05) is 18.2 Å². The van der Waals surface area contributed by atoms with Gasteiger partial charge < -0.3 is 14.9 Å². The number of carboxylic acid groups (broad SMARTS) is 1. The fourth-order valence-electron chi connectivity index (χ4n) is 1.39. The number of phenolic OH excluding ortho intramolecular Hbond substituents is 1. The molecular weight excluding hydrogens is 272 g/mol. The lowest BCUT2D eigenvalue weighted by Crippen LogP contribution is -2.03. The van der Waals surface area contributed by atoms with E-state index in [-0.39, 0.29) is 11.7 Å². The minimum absolute atomic E-state index is 0.142. The van der Waals surface area contributed by atoms with Crippen LogP contribution in [0, 0.1) is 0 Å². The first-order valence-electron chi connectivity index (χ1n) is 6.29. The highest BCUT2D eigenvalue weighted by Gasteiger charge is 2.04. The monoisotopic (exact) mass is 288 g/mol. The molecule has 0 spiro atoms. The van der Waals surface area contributed by atoms with Gasteiger partial charge in [0.1, 0.15) is 5.75 Å². The van der Waals surface area contributed by atoms with Gasteiger partial charge in [0, 0.05) is 0 Å². The average Bonchev–Trinajstić information content (AvgIpc) is 2.50. The van der Waals surface area contributed by atoms with Crippen molar-refractivity contribution in [1.82, 2.24) is 0 Å². The van der Waals surface area contributed by atoms with Crippen LogP contribution in [-0.4, -0.2) is 28.8 Å². The minimum atomic E-state index is -0.879. The molecule has 5 nitrogen and oxygen atoms in total. The van der Waals surface area contributed by atoms with Crippen LogP contribution in [0.2, 0.25) is 0 Å². The highest BCUT2D eigenvalue weighted by atomic mass is 16.5. The Morgan fingerprint density at radius 2 is 1.52 bits per heavy atom. The Labute approximate surface area is 122 Å². The fraction of sp³-hybridized carbons (Fsp3) is 0.125. The third kappa shape index (κ3) is 5.78. The minimum Gasteiger partial charge on any atom is -0.508 e. The van der Waals surface area contributed by atoms with Gasteiger partial charge in [0.15, 0.2) is 0 Å². The number of rotatable bonds is 3. The van der Waals surface area contributed by atoms with Crippen LogP contribution in [0.25, 0.3) is 0 Å². The van der Waals surface area contributed by atoms with Gasteiger partial charge in [0.25, 0.3) is 0 Å². The predicted molar refractivity (Wildman–Crippen MR) is 77.5 cm³/mol. The second-order valence-corrected chi connectivity index (χ2v) is 3.94. The molecule has 0 aliphatic carbocycles. The van der Waals surface area contributed by atoms with E-state index in [2.05, 4.69) is 0 Å². The molecule has 0 heterocycles. The molecule has 0 fully saturated rings. The smallest absolute Gasteiger partial charge is 0.338 e. The Morgan fingerprint density at radius 3 is 1.95 bits per heavy atom.